The molecule has 216 valence electrons. The second-order valence-electron chi connectivity index (χ2n) is 11.4. The minimum absolute atomic E-state index is 0.419. The Balaban J connectivity index is 0.000000219. The van der Waals surface area contributed by atoms with Crippen LogP contribution in [0.15, 0.2) is 73.3 Å². The van der Waals surface area contributed by atoms with Crippen molar-refractivity contribution < 1.29 is 4.79 Å². The van der Waals surface area contributed by atoms with E-state index in [1.54, 1.807) is 24.8 Å². The van der Waals surface area contributed by atoms with E-state index in [-0.39, 0.29) is 0 Å². The Morgan fingerprint density at radius 2 is 1.76 bits per heavy atom. The normalized spacial score (nSPS) is 14.7. The van der Waals surface area contributed by atoms with Gasteiger partial charge < -0.3 is 20.3 Å². The largest absolute Gasteiger partial charge is 0.387 e. The number of aromatic nitrogens is 4. The molecule has 8 nitrogen and oxygen atoms in total. The molecule has 1 unspecified atom stereocenters. The van der Waals surface area contributed by atoms with Crippen LogP contribution in [0.2, 0.25) is 0 Å². The topological polar surface area (TPSA) is 95.9 Å². The predicted molar refractivity (Wildman–Crippen MR) is 169 cm³/mol. The van der Waals surface area contributed by atoms with Crippen LogP contribution in [0.1, 0.15) is 49.9 Å². The van der Waals surface area contributed by atoms with Crippen molar-refractivity contribution in [1.29, 1.82) is 0 Å². The minimum atomic E-state index is 0.419. The highest BCUT2D eigenvalue weighted by molar-refractivity contribution is 5.64. The zero-order valence-electron chi connectivity index (χ0n) is 25.2. The molecular weight excluding hydrogens is 510 g/mol. The number of pyridine rings is 2. The molecule has 2 N–H and O–H groups in total. The molecule has 4 aromatic rings. The van der Waals surface area contributed by atoms with E-state index in [1.807, 2.05) is 45.0 Å². The summed E-state index contributed by atoms with van der Waals surface area (Å²) < 4.78 is 0. The Morgan fingerprint density at radius 3 is 2.41 bits per heavy atom. The average Bonchev–Trinajstić information content (AvgIpc) is 3.43. The molecule has 8 heteroatoms. The van der Waals surface area contributed by atoms with E-state index in [2.05, 4.69) is 87.4 Å². The zero-order valence-corrected chi connectivity index (χ0v) is 25.2. The number of likely N-dealkylation sites (tertiary alicyclic amines) is 1. The van der Waals surface area contributed by atoms with E-state index in [4.69, 9.17) is 4.79 Å². The molecule has 1 atom stereocenters. The van der Waals surface area contributed by atoms with Gasteiger partial charge in [-0.15, -0.1) is 0 Å². The number of benzene rings is 1. The van der Waals surface area contributed by atoms with Crippen LogP contribution in [0.25, 0.3) is 11.3 Å². The SMILES string of the molecule is C=O.CNc1cnc(C)c(Nc2nccc(-c3cccnc3)n2)c1.Cc1ccc(C2CCN(CC(C)(C)C)C2)cc1. The van der Waals surface area contributed by atoms with Gasteiger partial charge in [-0.3, -0.25) is 9.97 Å². The van der Waals surface area contributed by atoms with E-state index in [1.165, 1.54) is 37.2 Å². The lowest BCUT2D eigenvalue weighted by Gasteiger charge is -2.26. The molecule has 5 rings (SSSR count). The number of hydrogen-bond acceptors (Lipinski definition) is 8. The maximum Gasteiger partial charge on any atom is 0.227 e. The van der Waals surface area contributed by atoms with Crippen LogP contribution in [0.5, 0.6) is 0 Å². The molecule has 1 aliphatic heterocycles. The lowest BCUT2D eigenvalue weighted by Crippen LogP contribution is -2.30. The number of carbonyl (C=O) groups excluding carboxylic acids is 1. The van der Waals surface area contributed by atoms with Gasteiger partial charge in [-0.2, -0.15) is 0 Å². The molecular formula is C33H43N7O. The predicted octanol–water partition coefficient (Wildman–Crippen LogP) is 6.67. The third-order valence-electron chi connectivity index (χ3n) is 6.75. The molecule has 0 bridgehead atoms. The molecule has 1 aromatic carbocycles. The Labute approximate surface area is 244 Å². The zero-order chi connectivity index (χ0) is 29.8. The Hall–Kier alpha value is -4.17. The summed E-state index contributed by atoms with van der Waals surface area (Å²) in [4.78, 5) is 27.9. The fourth-order valence-electron chi connectivity index (χ4n) is 4.77. The van der Waals surface area contributed by atoms with Gasteiger partial charge in [0.05, 0.1) is 29.0 Å². The highest BCUT2D eigenvalue weighted by Gasteiger charge is 2.26. The van der Waals surface area contributed by atoms with Crippen molar-refractivity contribution in [2.75, 3.05) is 37.3 Å². The Bertz CT molecular complexity index is 1350. The highest BCUT2D eigenvalue weighted by atomic mass is 16.1. The third-order valence-corrected chi connectivity index (χ3v) is 6.75. The second kappa shape index (κ2) is 15.0. The van der Waals surface area contributed by atoms with Gasteiger partial charge in [0.1, 0.15) is 6.79 Å². The van der Waals surface area contributed by atoms with E-state index in [0.717, 1.165) is 34.2 Å². The summed E-state index contributed by atoms with van der Waals surface area (Å²) in [6.45, 7) is 16.8. The summed E-state index contributed by atoms with van der Waals surface area (Å²) in [5.74, 6) is 1.28. The van der Waals surface area contributed by atoms with Gasteiger partial charge in [0, 0.05) is 44.3 Å². The lowest BCUT2D eigenvalue weighted by molar-refractivity contribution is -0.0980. The van der Waals surface area contributed by atoms with Crippen molar-refractivity contribution in [3.63, 3.8) is 0 Å². The van der Waals surface area contributed by atoms with Gasteiger partial charge >= 0.3 is 0 Å². The molecule has 1 aliphatic rings. The molecule has 3 aromatic heterocycles. The number of nitrogens with zero attached hydrogens (tertiary/aromatic N) is 5. The lowest BCUT2D eigenvalue weighted by atomic mass is 9.95. The maximum absolute atomic E-state index is 8.00. The summed E-state index contributed by atoms with van der Waals surface area (Å²) >= 11 is 0. The van der Waals surface area contributed by atoms with Crippen molar-refractivity contribution in [3.05, 3.63) is 90.1 Å². The first-order valence-electron chi connectivity index (χ1n) is 13.9. The van der Waals surface area contributed by atoms with Crippen LogP contribution in [-0.2, 0) is 4.79 Å². The number of aryl methyl sites for hydroxylation is 2. The van der Waals surface area contributed by atoms with Crippen molar-refractivity contribution >= 4 is 24.1 Å². The number of carbonyl (C=O) groups is 1. The van der Waals surface area contributed by atoms with Crippen LogP contribution in [-0.4, -0.2) is 58.3 Å². The van der Waals surface area contributed by atoms with Gasteiger partial charge in [0.25, 0.3) is 0 Å². The molecule has 0 aliphatic carbocycles. The number of nitrogens with one attached hydrogen (secondary N) is 2. The van der Waals surface area contributed by atoms with Gasteiger partial charge in [-0.25, -0.2) is 9.97 Å². The number of rotatable bonds is 6. The fraction of sp³-hybridized carbons (Fsp3) is 0.364. The summed E-state index contributed by atoms with van der Waals surface area (Å²) in [5.41, 5.74) is 7.75. The van der Waals surface area contributed by atoms with Crippen LogP contribution < -0.4 is 10.6 Å². The first-order chi connectivity index (χ1) is 19.7. The molecule has 41 heavy (non-hydrogen) atoms. The summed E-state index contributed by atoms with van der Waals surface area (Å²) in [5, 5.41) is 6.28. The average molecular weight is 554 g/mol. The van der Waals surface area contributed by atoms with Crippen molar-refractivity contribution in [2.24, 2.45) is 5.41 Å². The molecule has 4 heterocycles. The summed E-state index contributed by atoms with van der Waals surface area (Å²) in [6.07, 6.45) is 8.34. The van der Waals surface area contributed by atoms with Crippen LogP contribution in [0.4, 0.5) is 17.3 Å². The number of hydrogen-bond donors (Lipinski definition) is 2. The van der Waals surface area contributed by atoms with E-state index < -0.39 is 0 Å². The molecule has 1 saturated heterocycles. The van der Waals surface area contributed by atoms with Gasteiger partial charge in [-0.1, -0.05) is 50.6 Å². The van der Waals surface area contributed by atoms with Crippen molar-refractivity contribution in [1.82, 2.24) is 24.8 Å². The van der Waals surface area contributed by atoms with E-state index >= 15 is 0 Å². The Morgan fingerprint density at radius 1 is 1.00 bits per heavy atom. The molecule has 0 saturated carbocycles. The van der Waals surface area contributed by atoms with Crippen LogP contribution >= 0.6 is 0 Å². The van der Waals surface area contributed by atoms with Crippen molar-refractivity contribution in [2.45, 2.75) is 47.0 Å². The third kappa shape index (κ3) is 9.76. The van der Waals surface area contributed by atoms with E-state index in [9.17, 15) is 0 Å². The van der Waals surface area contributed by atoms with E-state index in [0.29, 0.717) is 11.4 Å². The van der Waals surface area contributed by atoms with Crippen molar-refractivity contribution in [3.8, 4) is 11.3 Å². The molecule has 1 fully saturated rings. The fourth-order valence-corrected chi connectivity index (χ4v) is 4.77. The van der Waals surface area contributed by atoms with Crippen LogP contribution in [0, 0.1) is 19.3 Å². The smallest absolute Gasteiger partial charge is 0.227 e. The highest BCUT2D eigenvalue weighted by Crippen LogP contribution is 2.29. The van der Waals surface area contributed by atoms with Gasteiger partial charge in [0.15, 0.2) is 0 Å². The monoisotopic (exact) mass is 553 g/mol. The molecule has 0 spiro atoms. The quantitative estimate of drug-likeness (QED) is 0.273. The summed E-state index contributed by atoms with van der Waals surface area (Å²) in [6, 6.07) is 16.8. The molecule has 0 amide bonds. The summed E-state index contributed by atoms with van der Waals surface area (Å²) in [7, 11) is 1.86. The maximum atomic E-state index is 8.00. The second-order valence-corrected chi connectivity index (χ2v) is 11.4. The van der Waals surface area contributed by atoms with Gasteiger partial charge in [-0.05, 0) is 68.0 Å². The van der Waals surface area contributed by atoms with Crippen LogP contribution in [0.3, 0.4) is 0 Å². The first-order valence-corrected chi connectivity index (χ1v) is 13.9. The Kier molecular flexibility index (Phi) is 11.5. The first kappa shape index (κ1) is 31.4. The van der Waals surface area contributed by atoms with Gasteiger partial charge in [0.2, 0.25) is 5.95 Å². The number of anilines is 3. The standard InChI is InChI=1S/C16H16N6.C16H25N.CH2O/c1-11-15(8-13(17-2)10-20-11)22-16-19-7-5-14(21-16)12-4-3-6-18-9-12;1-13-5-7-14(8-6-13)15-9-10-17(11-15)12-16(2,3)4;1-2/h3-10,17H,1-2H3,(H,19,21,22);5-8,15H,9-12H2,1-4H3;1H2. The molecule has 0 radical (unpaired) electrons. The minimum Gasteiger partial charge on any atom is -0.387 e.